The Hall–Kier alpha value is -2.11. The van der Waals surface area contributed by atoms with E-state index in [9.17, 15) is 14.0 Å². The molecule has 1 aromatic carbocycles. The summed E-state index contributed by atoms with van der Waals surface area (Å²) in [6.45, 7) is 3.05. The number of ether oxygens (including phenoxy) is 1. The second kappa shape index (κ2) is 6.56. The smallest absolute Gasteiger partial charge is 0.338 e. The van der Waals surface area contributed by atoms with Gasteiger partial charge in [-0.05, 0) is 38.3 Å². The molecule has 5 nitrogen and oxygen atoms in total. The minimum Gasteiger partial charge on any atom is -0.481 e. The molecule has 0 radical (unpaired) electrons. The van der Waals surface area contributed by atoms with Crippen molar-refractivity contribution in [3.05, 3.63) is 29.6 Å². The van der Waals surface area contributed by atoms with Crippen molar-refractivity contribution in [3.63, 3.8) is 0 Å². The van der Waals surface area contributed by atoms with Gasteiger partial charge in [0.2, 0.25) is 0 Å². The molecule has 114 valence electrons. The predicted octanol–water partition coefficient (Wildman–Crippen LogP) is 2.30. The molecule has 0 aliphatic carbocycles. The van der Waals surface area contributed by atoms with Gasteiger partial charge in [-0.1, -0.05) is 0 Å². The molecular weight excluding hydrogens is 277 g/mol. The van der Waals surface area contributed by atoms with Crippen LogP contribution in [0.2, 0.25) is 0 Å². The summed E-state index contributed by atoms with van der Waals surface area (Å²) >= 11 is 0. The highest BCUT2D eigenvalue weighted by Gasteiger charge is 2.23. The number of piperidine rings is 1. The minimum atomic E-state index is -1.34. The number of rotatable bonds is 4. The van der Waals surface area contributed by atoms with Crippen molar-refractivity contribution >= 4 is 11.9 Å². The first-order valence-electron chi connectivity index (χ1n) is 6.97. The molecule has 2 rings (SSSR count). The third-order valence-electron chi connectivity index (χ3n) is 3.50. The van der Waals surface area contributed by atoms with Crippen molar-refractivity contribution < 1.29 is 23.8 Å². The Balaban J connectivity index is 2.01. The fourth-order valence-electron chi connectivity index (χ4n) is 2.37. The molecule has 1 unspecified atom stereocenters. The first-order chi connectivity index (χ1) is 9.99. The van der Waals surface area contributed by atoms with Gasteiger partial charge in [0.25, 0.3) is 5.91 Å². The molecule has 0 aromatic heterocycles. The maximum absolute atomic E-state index is 13.6. The van der Waals surface area contributed by atoms with E-state index in [4.69, 9.17) is 9.84 Å². The van der Waals surface area contributed by atoms with Gasteiger partial charge in [-0.15, -0.1) is 0 Å². The van der Waals surface area contributed by atoms with E-state index in [0.29, 0.717) is 0 Å². The number of benzene rings is 1. The molecule has 0 spiro atoms. The van der Waals surface area contributed by atoms with E-state index >= 15 is 0 Å². The molecule has 21 heavy (non-hydrogen) atoms. The van der Waals surface area contributed by atoms with E-state index in [1.807, 2.05) is 0 Å². The van der Waals surface area contributed by atoms with E-state index in [1.165, 1.54) is 6.07 Å². The summed E-state index contributed by atoms with van der Waals surface area (Å²) in [7, 11) is 0. The van der Waals surface area contributed by atoms with E-state index < -0.39 is 23.5 Å². The minimum absolute atomic E-state index is 0.127. The molecular formula is C15H18FNO4. The van der Waals surface area contributed by atoms with Crippen LogP contribution in [0.4, 0.5) is 4.39 Å². The van der Waals surface area contributed by atoms with Gasteiger partial charge in [0.05, 0.1) is 5.56 Å². The van der Waals surface area contributed by atoms with E-state index in [2.05, 4.69) is 0 Å². The van der Waals surface area contributed by atoms with Crippen LogP contribution in [-0.4, -0.2) is 41.1 Å². The van der Waals surface area contributed by atoms with Gasteiger partial charge in [0, 0.05) is 19.2 Å². The molecule has 1 amide bonds. The third kappa shape index (κ3) is 3.71. The van der Waals surface area contributed by atoms with Crippen LogP contribution >= 0.6 is 0 Å². The maximum Gasteiger partial charge on any atom is 0.338 e. The lowest BCUT2D eigenvalue weighted by atomic mass is 10.1. The van der Waals surface area contributed by atoms with Crippen LogP contribution < -0.4 is 4.74 Å². The van der Waals surface area contributed by atoms with Crippen molar-refractivity contribution in [2.45, 2.75) is 32.3 Å². The van der Waals surface area contributed by atoms with Crippen LogP contribution in [0.25, 0.3) is 0 Å². The molecule has 1 aliphatic rings. The SMILES string of the molecule is CC(Oc1ccc(C(=O)O)c(F)c1)C(=O)N1CCCCC1. The number of carboxylic acids is 1. The lowest BCUT2D eigenvalue weighted by molar-refractivity contribution is -0.138. The van der Waals surface area contributed by atoms with Crippen molar-refractivity contribution in [1.29, 1.82) is 0 Å². The Labute approximate surface area is 122 Å². The Kier molecular flexibility index (Phi) is 4.77. The van der Waals surface area contributed by atoms with E-state index in [0.717, 1.165) is 44.5 Å². The topological polar surface area (TPSA) is 66.8 Å². The summed E-state index contributed by atoms with van der Waals surface area (Å²) in [6.07, 6.45) is 2.37. The van der Waals surface area contributed by atoms with Gasteiger partial charge < -0.3 is 14.7 Å². The monoisotopic (exact) mass is 295 g/mol. The number of carbonyl (C=O) groups excluding carboxylic acids is 1. The number of amides is 1. The first-order valence-corrected chi connectivity index (χ1v) is 6.97. The Morgan fingerprint density at radius 2 is 1.95 bits per heavy atom. The molecule has 1 heterocycles. The second-order valence-corrected chi connectivity index (χ2v) is 5.09. The molecule has 1 atom stereocenters. The van der Waals surface area contributed by atoms with Gasteiger partial charge in [0.1, 0.15) is 11.6 Å². The maximum atomic E-state index is 13.6. The molecule has 1 saturated heterocycles. The molecule has 0 saturated carbocycles. The second-order valence-electron chi connectivity index (χ2n) is 5.09. The summed E-state index contributed by atoms with van der Waals surface area (Å²) in [6, 6.07) is 3.47. The summed E-state index contributed by atoms with van der Waals surface area (Å²) in [5, 5.41) is 8.76. The Bertz CT molecular complexity index is 540. The Morgan fingerprint density at radius 1 is 1.29 bits per heavy atom. The lowest BCUT2D eigenvalue weighted by Gasteiger charge is -2.29. The zero-order chi connectivity index (χ0) is 15.4. The normalized spacial score (nSPS) is 16.4. The van der Waals surface area contributed by atoms with Crippen molar-refractivity contribution in [2.24, 2.45) is 0 Å². The van der Waals surface area contributed by atoms with Crippen LogP contribution in [0.5, 0.6) is 5.75 Å². The fraction of sp³-hybridized carbons (Fsp3) is 0.467. The fourth-order valence-corrected chi connectivity index (χ4v) is 2.37. The molecule has 1 aromatic rings. The van der Waals surface area contributed by atoms with Crippen molar-refractivity contribution in [3.8, 4) is 5.75 Å². The highest BCUT2D eigenvalue weighted by Crippen LogP contribution is 2.19. The number of halogens is 1. The molecule has 1 aliphatic heterocycles. The lowest BCUT2D eigenvalue weighted by Crippen LogP contribution is -2.43. The standard InChI is InChI=1S/C15H18FNO4/c1-10(14(18)17-7-3-2-4-8-17)21-11-5-6-12(15(19)20)13(16)9-11/h5-6,9-10H,2-4,7-8H2,1H3,(H,19,20). The number of carbonyl (C=O) groups is 2. The molecule has 1 fully saturated rings. The zero-order valence-electron chi connectivity index (χ0n) is 11.8. The summed E-state index contributed by atoms with van der Waals surface area (Å²) in [5.41, 5.74) is -0.419. The van der Waals surface area contributed by atoms with Gasteiger partial charge in [0.15, 0.2) is 6.10 Å². The number of aromatic carboxylic acids is 1. The number of likely N-dealkylation sites (tertiary alicyclic amines) is 1. The largest absolute Gasteiger partial charge is 0.481 e. The van der Waals surface area contributed by atoms with Crippen LogP contribution in [0.15, 0.2) is 18.2 Å². The van der Waals surface area contributed by atoms with E-state index in [-0.39, 0.29) is 11.7 Å². The van der Waals surface area contributed by atoms with Crippen LogP contribution in [0, 0.1) is 5.82 Å². The number of carboxylic acid groups (broad SMARTS) is 1. The van der Waals surface area contributed by atoms with Crippen LogP contribution in [-0.2, 0) is 4.79 Å². The molecule has 1 N–H and O–H groups in total. The summed E-state index contributed by atoms with van der Waals surface area (Å²) in [5.74, 6) is -2.19. The van der Waals surface area contributed by atoms with Gasteiger partial charge in [-0.3, -0.25) is 4.79 Å². The van der Waals surface area contributed by atoms with Gasteiger partial charge >= 0.3 is 5.97 Å². The zero-order valence-corrected chi connectivity index (χ0v) is 11.8. The number of hydrogen-bond donors (Lipinski definition) is 1. The van der Waals surface area contributed by atoms with Crippen LogP contribution in [0.3, 0.4) is 0 Å². The highest BCUT2D eigenvalue weighted by atomic mass is 19.1. The van der Waals surface area contributed by atoms with Crippen molar-refractivity contribution in [2.75, 3.05) is 13.1 Å². The Morgan fingerprint density at radius 3 is 2.52 bits per heavy atom. The summed E-state index contributed by atoms with van der Waals surface area (Å²) in [4.78, 5) is 24.7. The first kappa shape index (κ1) is 15.3. The van der Waals surface area contributed by atoms with E-state index in [1.54, 1.807) is 11.8 Å². The van der Waals surface area contributed by atoms with Gasteiger partial charge in [-0.2, -0.15) is 0 Å². The predicted molar refractivity (Wildman–Crippen MR) is 73.9 cm³/mol. The average Bonchev–Trinajstić information content (AvgIpc) is 2.47. The quantitative estimate of drug-likeness (QED) is 0.925. The molecule has 6 heteroatoms. The number of hydrogen-bond acceptors (Lipinski definition) is 3. The number of nitrogens with zero attached hydrogens (tertiary/aromatic N) is 1. The average molecular weight is 295 g/mol. The molecule has 0 bridgehead atoms. The summed E-state index contributed by atoms with van der Waals surface area (Å²) < 4.78 is 19.0. The van der Waals surface area contributed by atoms with Crippen molar-refractivity contribution in [1.82, 2.24) is 4.90 Å². The highest BCUT2D eigenvalue weighted by molar-refractivity contribution is 5.88. The van der Waals surface area contributed by atoms with Crippen LogP contribution in [0.1, 0.15) is 36.5 Å². The third-order valence-corrected chi connectivity index (χ3v) is 3.50. The van der Waals surface area contributed by atoms with Gasteiger partial charge in [-0.25, -0.2) is 9.18 Å².